The number of benzene rings is 2. The maximum Gasteiger partial charge on any atom is 0.430 e. The molecule has 1 aliphatic heterocycles. The third-order valence-corrected chi connectivity index (χ3v) is 7.84. The standard InChI is InChI=1S/C27H30ClF3N2O4/c1-32(2)23(34)21-9-8-20(14-22(21)28)37-17-18-15-25(16-18)10-12-33(13-11-25)24(35)26(36,27(29,30)31)19-6-4-3-5-7-19/h3-9,14,18,36H,10-13,15-17H2,1-2H3. The van der Waals surface area contributed by atoms with Gasteiger partial charge >= 0.3 is 6.18 Å². The Labute approximate surface area is 219 Å². The minimum Gasteiger partial charge on any atom is -0.493 e. The number of hydrogen-bond donors (Lipinski definition) is 1. The number of likely N-dealkylation sites (tertiary alicyclic amines) is 1. The quantitative estimate of drug-likeness (QED) is 0.568. The van der Waals surface area contributed by atoms with Crippen LogP contribution in [0.4, 0.5) is 13.2 Å². The molecule has 1 atom stereocenters. The molecule has 2 fully saturated rings. The molecule has 6 nitrogen and oxygen atoms in total. The summed E-state index contributed by atoms with van der Waals surface area (Å²) in [4.78, 5) is 27.6. The fourth-order valence-electron chi connectivity index (χ4n) is 5.41. The van der Waals surface area contributed by atoms with Gasteiger partial charge in [0.15, 0.2) is 0 Å². The second kappa shape index (κ2) is 10.2. The van der Waals surface area contributed by atoms with Crippen LogP contribution in [-0.2, 0) is 10.4 Å². The summed E-state index contributed by atoms with van der Waals surface area (Å²) in [5.41, 5.74) is -3.68. The zero-order valence-corrected chi connectivity index (χ0v) is 21.5. The maximum absolute atomic E-state index is 13.9. The van der Waals surface area contributed by atoms with Gasteiger partial charge in [-0.1, -0.05) is 41.9 Å². The normalized spacial score (nSPS) is 19.2. The van der Waals surface area contributed by atoms with Crippen LogP contribution in [0.2, 0.25) is 5.02 Å². The molecule has 1 saturated heterocycles. The first-order chi connectivity index (χ1) is 17.4. The van der Waals surface area contributed by atoms with E-state index < -0.39 is 23.2 Å². The van der Waals surface area contributed by atoms with Crippen molar-refractivity contribution in [3.63, 3.8) is 0 Å². The third-order valence-electron chi connectivity index (χ3n) is 7.53. The molecule has 1 heterocycles. The first-order valence-corrected chi connectivity index (χ1v) is 12.5. The van der Waals surface area contributed by atoms with E-state index in [2.05, 4.69) is 0 Å². The van der Waals surface area contributed by atoms with Crippen molar-refractivity contribution < 1.29 is 32.6 Å². The lowest BCUT2D eigenvalue weighted by molar-refractivity contribution is -0.262. The van der Waals surface area contributed by atoms with E-state index in [9.17, 15) is 27.9 Å². The van der Waals surface area contributed by atoms with Crippen LogP contribution in [0.1, 0.15) is 41.6 Å². The van der Waals surface area contributed by atoms with E-state index >= 15 is 0 Å². The predicted octanol–water partition coefficient (Wildman–Crippen LogP) is 4.89. The Hall–Kier alpha value is -2.78. The number of amides is 2. The number of piperidine rings is 1. The molecular weight excluding hydrogens is 509 g/mol. The van der Waals surface area contributed by atoms with E-state index in [1.165, 1.54) is 23.1 Å². The van der Waals surface area contributed by atoms with Crippen molar-refractivity contribution in [2.75, 3.05) is 33.8 Å². The average Bonchev–Trinajstić information content (AvgIpc) is 2.85. The van der Waals surface area contributed by atoms with Crippen molar-refractivity contribution in [3.8, 4) is 5.75 Å². The molecule has 200 valence electrons. The van der Waals surface area contributed by atoms with Crippen LogP contribution in [0, 0.1) is 11.3 Å². The molecule has 1 aliphatic carbocycles. The molecule has 1 unspecified atom stereocenters. The highest BCUT2D eigenvalue weighted by Crippen LogP contribution is 2.53. The van der Waals surface area contributed by atoms with Gasteiger partial charge in [0.2, 0.25) is 0 Å². The van der Waals surface area contributed by atoms with E-state index in [-0.39, 0.29) is 30.3 Å². The molecule has 2 aromatic carbocycles. The molecule has 0 aromatic heterocycles. The van der Waals surface area contributed by atoms with Crippen LogP contribution in [0.15, 0.2) is 48.5 Å². The van der Waals surface area contributed by atoms with Crippen LogP contribution < -0.4 is 4.74 Å². The second-order valence-corrected chi connectivity index (χ2v) is 10.7. The highest BCUT2D eigenvalue weighted by Gasteiger charge is 2.62. The molecule has 37 heavy (non-hydrogen) atoms. The Morgan fingerprint density at radius 2 is 1.73 bits per heavy atom. The molecular formula is C27H30ClF3N2O4. The van der Waals surface area contributed by atoms with Gasteiger partial charge in [0, 0.05) is 32.7 Å². The first-order valence-electron chi connectivity index (χ1n) is 12.1. The number of carbonyl (C=O) groups excluding carboxylic acids is 2. The van der Waals surface area contributed by atoms with Gasteiger partial charge in [0.25, 0.3) is 17.4 Å². The Morgan fingerprint density at radius 1 is 1.11 bits per heavy atom. The summed E-state index contributed by atoms with van der Waals surface area (Å²) >= 11 is 6.24. The van der Waals surface area contributed by atoms with E-state index in [0.29, 0.717) is 35.8 Å². The van der Waals surface area contributed by atoms with Crippen molar-refractivity contribution in [1.29, 1.82) is 0 Å². The van der Waals surface area contributed by atoms with E-state index in [4.69, 9.17) is 16.3 Å². The number of carbonyl (C=O) groups is 2. The molecule has 1 saturated carbocycles. The lowest BCUT2D eigenvalue weighted by atomic mass is 9.57. The lowest BCUT2D eigenvalue weighted by Crippen LogP contribution is -2.58. The third kappa shape index (κ3) is 5.29. The number of ether oxygens (including phenoxy) is 1. The molecule has 10 heteroatoms. The van der Waals surface area contributed by atoms with Crippen LogP contribution in [-0.4, -0.2) is 66.7 Å². The second-order valence-electron chi connectivity index (χ2n) is 10.3. The molecule has 1 N–H and O–H groups in total. The number of aliphatic hydroxyl groups is 1. The Morgan fingerprint density at radius 3 is 2.27 bits per heavy atom. The smallest absolute Gasteiger partial charge is 0.430 e. The average molecular weight is 539 g/mol. The fraction of sp³-hybridized carbons (Fsp3) is 0.481. The van der Waals surface area contributed by atoms with Crippen molar-refractivity contribution >= 4 is 23.4 Å². The highest BCUT2D eigenvalue weighted by molar-refractivity contribution is 6.34. The van der Waals surface area contributed by atoms with Gasteiger partial charge in [-0.05, 0) is 55.2 Å². The summed E-state index contributed by atoms with van der Waals surface area (Å²) in [6.07, 6.45) is -2.29. The zero-order valence-electron chi connectivity index (χ0n) is 20.7. The van der Waals surface area contributed by atoms with Gasteiger partial charge in [0.1, 0.15) is 5.75 Å². The van der Waals surface area contributed by atoms with Gasteiger partial charge in [0.05, 0.1) is 17.2 Å². The topological polar surface area (TPSA) is 70.1 Å². The lowest BCUT2D eigenvalue weighted by Gasteiger charge is -2.52. The molecule has 2 amide bonds. The molecule has 0 bridgehead atoms. The molecule has 2 aliphatic rings. The van der Waals surface area contributed by atoms with Gasteiger partial charge in [-0.25, -0.2) is 0 Å². The maximum atomic E-state index is 13.9. The first kappa shape index (κ1) is 27.3. The van der Waals surface area contributed by atoms with Gasteiger partial charge in [-0.15, -0.1) is 0 Å². The molecule has 2 aromatic rings. The van der Waals surface area contributed by atoms with Gasteiger partial charge in [-0.2, -0.15) is 13.2 Å². The van der Waals surface area contributed by atoms with Crippen LogP contribution in [0.25, 0.3) is 0 Å². The van der Waals surface area contributed by atoms with Crippen LogP contribution >= 0.6 is 11.6 Å². The predicted molar refractivity (Wildman–Crippen MR) is 132 cm³/mol. The summed E-state index contributed by atoms with van der Waals surface area (Å²) in [5.74, 6) is -0.678. The van der Waals surface area contributed by atoms with E-state index in [1.807, 2.05) is 0 Å². The summed E-state index contributed by atoms with van der Waals surface area (Å²) in [6, 6.07) is 11.5. The number of hydrogen-bond acceptors (Lipinski definition) is 4. The summed E-state index contributed by atoms with van der Waals surface area (Å²) < 4.78 is 47.5. The molecule has 0 radical (unpaired) electrons. The van der Waals surface area contributed by atoms with Gasteiger partial charge in [-0.3, -0.25) is 9.59 Å². The van der Waals surface area contributed by atoms with Crippen LogP contribution in [0.5, 0.6) is 5.75 Å². The van der Waals surface area contributed by atoms with Crippen molar-refractivity contribution in [1.82, 2.24) is 9.80 Å². The number of alkyl halides is 3. The molecule has 1 spiro atoms. The number of nitrogens with zero attached hydrogens (tertiary/aromatic N) is 2. The number of rotatable bonds is 6. The minimum absolute atomic E-state index is 0.0342. The fourth-order valence-corrected chi connectivity index (χ4v) is 5.66. The van der Waals surface area contributed by atoms with E-state index in [1.54, 1.807) is 32.3 Å². The highest BCUT2D eigenvalue weighted by atomic mass is 35.5. The Balaban J connectivity index is 1.31. The van der Waals surface area contributed by atoms with Gasteiger partial charge < -0.3 is 19.6 Å². The Bertz CT molecular complexity index is 1140. The zero-order chi connectivity index (χ0) is 27.0. The van der Waals surface area contributed by atoms with Crippen molar-refractivity contribution in [2.24, 2.45) is 11.3 Å². The summed E-state index contributed by atoms with van der Waals surface area (Å²) in [5, 5.41) is 10.9. The minimum atomic E-state index is -5.14. The van der Waals surface area contributed by atoms with Crippen molar-refractivity contribution in [2.45, 2.75) is 37.5 Å². The van der Waals surface area contributed by atoms with E-state index in [0.717, 1.165) is 29.9 Å². The summed E-state index contributed by atoms with van der Waals surface area (Å²) in [7, 11) is 3.30. The molecule has 4 rings (SSSR count). The monoisotopic (exact) mass is 538 g/mol. The number of halogens is 4. The Kier molecular flexibility index (Phi) is 7.50. The summed E-state index contributed by atoms with van der Waals surface area (Å²) in [6.45, 7) is 0.784. The SMILES string of the molecule is CN(C)C(=O)c1ccc(OCC2CC3(CCN(C(=O)C(O)(c4ccccc4)C(F)(F)F)CC3)C2)cc1Cl. The largest absolute Gasteiger partial charge is 0.493 e. The van der Waals surface area contributed by atoms with Crippen LogP contribution in [0.3, 0.4) is 0 Å². The van der Waals surface area contributed by atoms with Crippen molar-refractivity contribution in [3.05, 3.63) is 64.7 Å².